The second kappa shape index (κ2) is 4.08. The molecular formula is C13H16N2O2S. The molecule has 0 aromatic heterocycles. The number of hydrogen-bond acceptors (Lipinski definition) is 4. The standard InChI is InChI=1S/C13H16N2O2S/c1-3-18(16,17)12-11(13(12,15)8-14)10-6-4-9(2)5-7-10/h4-7,11-12H,3,15H2,1-2H3/t11-,12-,13+/m1/s1. The molecule has 18 heavy (non-hydrogen) atoms. The number of nitrogens with two attached hydrogens (primary N) is 1. The van der Waals surface area contributed by atoms with Gasteiger partial charge in [-0.05, 0) is 12.5 Å². The van der Waals surface area contributed by atoms with Gasteiger partial charge in [0.25, 0.3) is 0 Å². The lowest BCUT2D eigenvalue weighted by atomic mass is 10.1. The minimum Gasteiger partial charge on any atom is -0.312 e. The Morgan fingerprint density at radius 3 is 2.39 bits per heavy atom. The molecular weight excluding hydrogens is 248 g/mol. The number of aryl methyl sites for hydroxylation is 1. The van der Waals surface area contributed by atoms with Crippen LogP contribution in [0.3, 0.4) is 0 Å². The van der Waals surface area contributed by atoms with Gasteiger partial charge in [0.15, 0.2) is 9.84 Å². The summed E-state index contributed by atoms with van der Waals surface area (Å²) >= 11 is 0. The largest absolute Gasteiger partial charge is 0.312 e. The molecule has 1 aromatic carbocycles. The van der Waals surface area contributed by atoms with E-state index >= 15 is 0 Å². The van der Waals surface area contributed by atoms with Gasteiger partial charge in [0, 0.05) is 11.7 Å². The fourth-order valence-corrected chi connectivity index (χ4v) is 4.29. The molecule has 2 N–H and O–H groups in total. The predicted octanol–water partition coefficient (Wildman–Crippen LogP) is 1.12. The Morgan fingerprint density at radius 1 is 1.39 bits per heavy atom. The van der Waals surface area contributed by atoms with Crippen molar-refractivity contribution in [3.05, 3.63) is 35.4 Å². The summed E-state index contributed by atoms with van der Waals surface area (Å²) in [5.74, 6) is -0.395. The molecule has 0 bridgehead atoms. The molecule has 0 saturated heterocycles. The molecule has 0 aliphatic heterocycles. The third kappa shape index (κ3) is 1.82. The van der Waals surface area contributed by atoms with Gasteiger partial charge in [-0.25, -0.2) is 8.42 Å². The second-order valence-corrected chi connectivity index (χ2v) is 7.22. The average molecular weight is 264 g/mol. The Kier molecular flexibility index (Phi) is 2.96. The highest BCUT2D eigenvalue weighted by atomic mass is 32.2. The highest BCUT2D eigenvalue weighted by molar-refractivity contribution is 7.92. The molecule has 2 rings (SSSR count). The summed E-state index contributed by atoms with van der Waals surface area (Å²) in [5.41, 5.74) is 6.57. The zero-order chi connectivity index (χ0) is 13.6. The molecule has 1 aliphatic carbocycles. The Balaban J connectivity index is 2.41. The van der Waals surface area contributed by atoms with Gasteiger partial charge < -0.3 is 5.73 Å². The van der Waals surface area contributed by atoms with Crippen molar-refractivity contribution in [2.24, 2.45) is 5.73 Å². The van der Waals surface area contributed by atoms with Crippen LogP contribution >= 0.6 is 0 Å². The van der Waals surface area contributed by atoms with Gasteiger partial charge >= 0.3 is 0 Å². The summed E-state index contributed by atoms with van der Waals surface area (Å²) in [6.45, 7) is 3.54. The molecule has 4 nitrogen and oxygen atoms in total. The first-order chi connectivity index (χ1) is 8.36. The van der Waals surface area contributed by atoms with E-state index in [0.717, 1.165) is 11.1 Å². The zero-order valence-corrected chi connectivity index (χ0v) is 11.2. The number of nitrogens with zero attached hydrogens (tertiary/aromatic N) is 1. The maximum atomic E-state index is 12.0. The first-order valence-corrected chi connectivity index (χ1v) is 7.56. The predicted molar refractivity (Wildman–Crippen MR) is 69.7 cm³/mol. The quantitative estimate of drug-likeness (QED) is 0.886. The van der Waals surface area contributed by atoms with Crippen molar-refractivity contribution in [2.75, 3.05) is 5.75 Å². The van der Waals surface area contributed by atoms with E-state index in [0.29, 0.717) is 0 Å². The summed E-state index contributed by atoms with van der Waals surface area (Å²) in [7, 11) is -3.30. The van der Waals surface area contributed by atoms with Crippen LogP contribution in [0.25, 0.3) is 0 Å². The van der Waals surface area contributed by atoms with Gasteiger partial charge in [-0.3, -0.25) is 0 Å². The van der Waals surface area contributed by atoms with E-state index in [2.05, 4.69) is 0 Å². The summed E-state index contributed by atoms with van der Waals surface area (Å²) in [4.78, 5) is 0. The lowest BCUT2D eigenvalue weighted by Crippen LogP contribution is -2.29. The normalized spacial score (nSPS) is 30.8. The molecule has 0 spiro atoms. The van der Waals surface area contributed by atoms with Crippen molar-refractivity contribution < 1.29 is 8.42 Å². The maximum Gasteiger partial charge on any atom is 0.156 e. The molecule has 96 valence electrons. The maximum absolute atomic E-state index is 12.0. The van der Waals surface area contributed by atoms with E-state index in [4.69, 9.17) is 11.0 Å². The fraction of sp³-hybridized carbons (Fsp3) is 0.462. The van der Waals surface area contributed by atoms with Crippen molar-refractivity contribution in [3.8, 4) is 6.07 Å². The highest BCUT2D eigenvalue weighted by Crippen LogP contribution is 2.53. The van der Waals surface area contributed by atoms with Gasteiger partial charge in [0.1, 0.15) is 10.8 Å². The number of rotatable bonds is 3. The first-order valence-electron chi connectivity index (χ1n) is 5.85. The summed E-state index contributed by atoms with van der Waals surface area (Å²) in [6, 6.07) is 9.48. The molecule has 0 unspecified atom stereocenters. The van der Waals surface area contributed by atoms with Crippen LogP contribution in [0, 0.1) is 18.3 Å². The monoisotopic (exact) mass is 264 g/mol. The third-order valence-electron chi connectivity index (χ3n) is 3.60. The minimum atomic E-state index is -3.30. The van der Waals surface area contributed by atoms with Crippen LogP contribution in [-0.2, 0) is 9.84 Å². The van der Waals surface area contributed by atoms with Crippen LogP contribution in [-0.4, -0.2) is 25.0 Å². The third-order valence-corrected chi connectivity index (χ3v) is 5.84. The second-order valence-electron chi connectivity index (χ2n) is 4.81. The van der Waals surface area contributed by atoms with Gasteiger partial charge in [-0.2, -0.15) is 5.26 Å². The van der Waals surface area contributed by atoms with E-state index in [9.17, 15) is 8.42 Å². The van der Waals surface area contributed by atoms with E-state index in [1.165, 1.54) is 0 Å². The first kappa shape index (κ1) is 13.1. The van der Waals surface area contributed by atoms with Crippen LogP contribution < -0.4 is 5.73 Å². The van der Waals surface area contributed by atoms with Crippen molar-refractivity contribution in [1.29, 1.82) is 5.26 Å². The van der Waals surface area contributed by atoms with Crippen LogP contribution in [0.4, 0.5) is 0 Å². The average Bonchev–Trinajstić information content (AvgIpc) is 2.98. The topological polar surface area (TPSA) is 83.9 Å². The lowest BCUT2D eigenvalue weighted by Gasteiger charge is -2.01. The molecule has 1 fully saturated rings. The van der Waals surface area contributed by atoms with Crippen LogP contribution in [0.5, 0.6) is 0 Å². The van der Waals surface area contributed by atoms with Crippen molar-refractivity contribution in [1.82, 2.24) is 0 Å². The molecule has 0 heterocycles. The molecule has 0 radical (unpaired) electrons. The Hall–Kier alpha value is -1.38. The molecule has 3 atom stereocenters. The van der Waals surface area contributed by atoms with Gasteiger partial charge in [-0.1, -0.05) is 36.8 Å². The molecule has 1 aromatic rings. The van der Waals surface area contributed by atoms with Crippen molar-refractivity contribution >= 4 is 9.84 Å². The number of sulfone groups is 1. The minimum absolute atomic E-state index is 0.0145. The van der Waals surface area contributed by atoms with Crippen LogP contribution in [0.15, 0.2) is 24.3 Å². The zero-order valence-electron chi connectivity index (χ0n) is 10.4. The molecule has 1 aliphatic rings. The van der Waals surface area contributed by atoms with Gasteiger partial charge in [-0.15, -0.1) is 0 Å². The van der Waals surface area contributed by atoms with Gasteiger partial charge in [0.05, 0.1) is 6.07 Å². The molecule has 0 amide bonds. The van der Waals surface area contributed by atoms with E-state index in [1.54, 1.807) is 6.92 Å². The van der Waals surface area contributed by atoms with Crippen molar-refractivity contribution in [3.63, 3.8) is 0 Å². The van der Waals surface area contributed by atoms with E-state index in [-0.39, 0.29) is 5.75 Å². The number of hydrogen-bond donors (Lipinski definition) is 1. The Bertz CT molecular complexity index is 601. The fourth-order valence-electron chi connectivity index (χ4n) is 2.42. The Morgan fingerprint density at radius 2 is 1.94 bits per heavy atom. The number of nitriles is 1. The van der Waals surface area contributed by atoms with E-state index in [1.807, 2.05) is 37.3 Å². The van der Waals surface area contributed by atoms with Crippen LogP contribution in [0.2, 0.25) is 0 Å². The highest BCUT2D eigenvalue weighted by Gasteiger charge is 2.69. The summed E-state index contributed by atoms with van der Waals surface area (Å²) < 4.78 is 23.9. The Labute approximate surface area is 107 Å². The summed E-state index contributed by atoms with van der Waals surface area (Å²) in [6.07, 6.45) is 0. The summed E-state index contributed by atoms with van der Waals surface area (Å²) in [5, 5.41) is 8.37. The van der Waals surface area contributed by atoms with Crippen molar-refractivity contribution in [2.45, 2.75) is 30.6 Å². The smallest absolute Gasteiger partial charge is 0.156 e. The number of benzene rings is 1. The SMILES string of the molecule is CCS(=O)(=O)[C@@H]1[C@@H](c2ccc(C)cc2)[C@@]1(N)C#N. The van der Waals surface area contributed by atoms with Gasteiger partial charge in [0.2, 0.25) is 0 Å². The van der Waals surface area contributed by atoms with E-state index < -0.39 is 26.5 Å². The lowest BCUT2D eigenvalue weighted by molar-refractivity contribution is 0.593. The molecule has 1 saturated carbocycles. The molecule has 5 heteroatoms. The van der Waals surface area contributed by atoms with Crippen LogP contribution in [0.1, 0.15) is 24.0 Å².